The van der Waals surface area contributed by atoms with E-state index in [1.165, 1.54) is 0 Å². The Bertz CT molecular complexity index is 1140. The molecular weight excluding hydrogens is 380 g/mol. The first kappa shape index (κ1) is 15.6. The summed E-state index contributed by atoms with van der Waals surface area (Å²) in [5.41, 5.74) is 1.50. The standard InChI is InChI=1S/C20H13BrN2O2/c21-16-7-3-1-5-14(16)18-11-9-13(25-18)10-12-19-22-17-8-4-2-6-15(17)20(24)23-19/h1-12H,(H,22,23,24)/b12-10+. The predicted octanol–water partition coefficient (Wildman–Crippen LogP) is 5.12. The minimum Gasteiger partial charge on any atom is -0.457 e. The van der Waals surface area contributed by atoms with Gasteiger partial charge >= 0.3 is 0 Å². The van der Waals surface area contributed by atoms with Crippen molar-refractivity contribution in [2.24, 2.45) is 0 Å². The summed E-state index contributed by atoms with van der Waals surface area (Å²) in [5, 5.41) is 0.578. The van der Waals surface area contributed by atoms with Gasteiger partial charge in [-0.3, -0.25) is 4.79 Å². The van der Waals surface area contributed by atoms with Gasteiger partial charge < -0.3 is 9.40 Å². The van der Waals surface area contributed by atoms with Gasteiger partial charge in [0.15, 0.2) is 0 Å². The summed E-state index contributed by atoms with van der Waals surface area (Å²) in [6.07, 6.45) is 3.52. The smallest absolute Gasteiger partial charge is 0.259 e. The minimum atomic E-state index is -0.154. The molecule has 5 heteroatoms. The molecule has 4 aromatic rings. The average Bonchev–Trinajstić information content (AvgIpc) is 3.09. The van der Waals surface area contributed by atoms with E-state index in [-0.39, 0.29) is 5.56 Å². The van der Waals surface area contributed by atoms with Gasteiger partial charge in [0.05, 0.1) is 10.9 Å². The Morgan fingerprint density at radius 2 is 1.76 bits per heavy atom. The molecule has 0 atom stereocenters. The van der Waals surface area contributed by atoms with E-state index in [0.717, 1.165) is 15.8 Å². The summed E-state index contributed by atoms with van der Waals surface area (Å²) in [6.45, 7) is 0. The van der Waals surface area contributed by atoms with E-state index in [0.29, 0.717) is 22.5 Å². The van der Waals surface area contributed by atoms with Crippen LogP contribution in [0.4, 0.5) is 0 Å². The molecule has 0 aliphatic carbocycles. The van der Waals surface area contributed by atoms with Gasteiger partial charge in [-0.1, -0.05) is 46.3 Å². The number of aromatic nitrogens is 2. The quantitative estimate of drug-likeness (QED) is 0.526. The molecule has 0 bridgehead atoms. The molecule has 2 aromatic carbocycles. The second-order valence-corrected chi connectivity index (χ2v) is 6.34. The highest BCUT2D eigenvalue weighted by Gasteiger charge is 2.06. The van der Waals surface area contributed by atoms with Gasteiger partial charge in [-0.15, -0.1) is 0 Å². The molecule has 2 heterocycles. The second kappa shape index (κ2) is 6.53. The van der Waals surface area contributed by atoms with E-state index in [4.69, 9.17) is 4.42 Å². The van der Waals surface area contributed by atoms with Gasteiger partial charge in [-0.05, 0) is 42.5 Å². The van der Waals surface area contributed by atoms with Gasteiger partial charge in [0.1, 0.15) is 17.3 Å². The van der Waals surface area contributed by atoms with Crippen LogP contribution in [0.5, 0.6) is 0 Å². The molecule has 0 saturated heterocycles. The van der Waals surface area contributed by atoms with Crippen LogP contribution in [0.1, 0.15) is 11.6 Å². The van der Waals surface area contributed by atoms with Crippen LogP contribution in [-0.4, -0.2) is 9.97 Å². The van der Waals surface area contributed by atoms with Crippen molar-refractivity contribution in [3.05, 3.63) is 87.1 Å². The fraction of sp³-hybridized carbons (Fsp3) is 0. The Kier molecular flexibility index (Phi) is 4.07. The lowest BCUT2D eigenvalue weighted by Gasteiger charge is -1.99. The Labute approximate surface area is 152 Å². The highest BCUT2D eigenvalue weighted by molar-refractivity contribution is 9.10. The lowest BCUT2D eigenvalue weighted by atomic mass is 10.2. The zero-order chi connectivity index (χ0) is 17.2. The summed E-state index contributed by atoms with van der Waals surface area (Å²) in [7, 11) is 0. The van der Waals surface area contributed by atoms with Crippen molar-refractivity contribution in [2.75, 3.05) is 0 Å². The molecule has 25 heavy (non-hydrogen) atoms. The van der Waals surface area contributed by atoms with Crippen LogP contribution in [-0.2, 0) is 0 Å². The normalized spacial score (nSPS) is 11.4. The van der Waals surface area contributed by atoms with Gasteiger partial charge in [0.2, 0.25) is 0 Å². The molecular formula is C20H13BrN2O2. The van der Waals surface area contributed by atoms with Gasteiger partial charge in [0.25, 0.3) is 5.56 Å². The summed E-state index contributed by atoms with van der Waals surface area (Å²) < 4.78 is 6.83. The number of H-pyrrole nitrogens is 1. The van der Waals surface area contributed by atoms with E-state index in [1.54, 1.807) is 18.2 Å². The van der Waals surface area contributed by atoms with Crippen LogP contribution in [0.25, 0.3) is 34.4 Å². The SMILES string of the molecule is O=c1[nH]c(/C=C/c2ccc(-c3ccccc3Br)o2)nc2ccccc12. The monoisotopic (exact) mass is 392 g/mol. The van der Waals surface area contributed by atoms with Crippen LogP contribution in [0.2, 0.25) is 0 Å². The third-order valence-corrected chi connectivity index (χ3v) is 4.49. The van der Waals surface area contributed by atoms with E-state index in [2.05, 4.69) is 25.9 Å². The molecule has 0 saturated carbocycles. The number of benzene rings is 2. The van der Waals surface area contributed by atoms with Crippen molar-refractivity contribution >= 4 is 39.0 Å². The van der Waals surface area contributed by atoms with Crippen molar-refractivity contribution in [1.82, 2.24) is 9.97 Å². The van der Waals surface area contributed by atoms with Crippen LogP contribution < -0.4 is 5.56 Å². The Hall–Kier alpha value is -2.92. The number of aromatic amines is 1. The molecule has 0 unspecified atom stereocenters. The fourth-order valence-corrected chi connectivity index (χ4v) is 3.07. The van der Waals surface area contributed by atoms with Crippen molar-refractivity contribution < 1.29 is 4.42 Å². The van der Waals surface area contributed by atoms with E-state index >= 15 is 0 Å². The molecule has 0 fully saturated rings. The van der Waals surface area contributed by atoms with Crippen LogP contribution in [0, 0.1) is 0 Å². The minimum absolute atomic E-state index is 0.154. The maximum absolute atomic E-state index is 12.1. The Balaban J connectivity index is 1.65. The zero-order valence-corrected chi connectivity index (χ0v) is 14.7. The lowest BCUT2D eigenvalue weighted by molar-refractivity contribution is 0.572. The Morgan fingerprint density at radius 3 is 2.64 bits per heavy atom. The van der Waals surface area contributed by atoms with Gasteiger partial charge in [-0.2, -0.15) is 0 Å². The first-order valence-corrected chi connectivity index (χ1v) is 8.52. The first-order valence-electron chi connectivity index (χ1n) is 7.72. The van der Waals surface area contributed by atoms with Crippen molar-refractivity contribution in [2.45, 2.75) is 0 Å². The number of fused-ring (bicyclic) bond motifs is 1. The number of furan rings is 1. The maximum Gasteiger partial charge on any atom is 0.259 e. The van der Waals surface area contributed by atoms with Crippen molar-refractivity contribution in [3.8, 4) is 11.3 Å². The molecule has 0 amide bonds. The van der Waals surface area contributed by atoms with Crippen LogP contribution in [0.15, 0.2) is 74.3 Å². The zero-order valence-electron chi connectivity index (χ0n) is 13.1. The fourth-order valence-electron chi connectivity index (χ4n) is 2.59. The number of nitrogens with zero attached hydrogens (tertiary/aromatic N) is 1. The molecule has 0 aliphatic heterocycles. The summed E-state index contributed by atoms with van der Waals surface area (Å²) in [6, 6.07) is 18.9. The van der Waals surface area contributed by atoms with Crippen LogP contribution in [0.3, 0.4) is 0 Å². The largest absolute Gasteiger partial charge is 0.457 e. The lowest BCUT2D eigenvalue weighted by Crippen LogP contribution is -2.09. The molecule has 0 aliphatic rings. The molecule has 1 N–H and O–H groups in total. The van der Waals surface area contributed by atoms with Gasteiger partial charge in [-0.25, -0.2) is 4.98 Å². The molecule has 2 aromatic heterocycles. The third kappa shape index (κ3) is 3.19. The number of para-hydroxylation sites is 1. The van der Waals surface area contributed by atoms with E-state index in [9.17, 15) is 4.79 Å². The van der Waals surface area contributed by atoms with Gasteiger partial charge in [0, 0.05) is 10.0 Å². The summed E-state index contributed by atoms with van der Waals surface area (Å²) in [5.74, 6) is 1.94. The number of hydrogen-bond acceptors (Lipinski definition) is 3. The van der Waals surface area contributed by atoms with E-state index < -0.39 is 0 Å². The molecule has 122 valence electrons. The first-order chi connectivity index (χ1) is 12.2. The number of halogens is 1. The second-order valence-electron chi connectivity index (χ2n) is 5.48. The maximum atomic E-state index is 12.1. The number of rotatable bonds is 3. The van der Waals surface area contributed by atoms with Crippen LogP contribution >= 0.6 is 15.9 Å². The predicted molar refractivity (Wildman–Crippen MR) is 103 cm³/mol. The van der Waals surface area contributed by atoms with Crippen molar-refractivity contribution in [1.29, 1.82) is 0 Å². The van der Waals surface area contributed by atoms with Crippen molar-refractivity contribution in [3.63, 3.8) is 0 Å². The van der Waals surface area contributed by atoms with E-state index in [1.807, 2.05) is 54.6 Å². The highest BCUT2D eigenvalue weighted by atomic mass is 79.9. The summed E-state index contributed by atoms with van der Waals surface area (Å²) >= 11 is 3.52. The molecule has 0 spiro atoms. The third-order valence-electron chi connectivity index (χ3n) is 3.80. The molecule has 4 rings (SSSR count). The highest BCUT2D eigenvalue weighted by Crippen LogP contribution is 2.29. The average molecular weight is 393 g/mol. The Morgan fingerprint density at radius 1 is 0.960 bits per heavy atom. The molecule has 0 radical (unpaired) electrons. The molecule has 4 nitrogen and oxygen atoms in total. The topological polar surface area (TPSA) is 58.9 Å². The number of nitrogens with one attached hydrogen (secondary N) is 1. The number of hydrogen-bond donors (Lipinski definition) is 1. The summed E-state index contributed by atoms with van der Waals surface area (Å²) in [4.78, 5) is 19.3.